The van der Waals surface area contributed by atoms with Crippen LogP contribution >= 0.6 is 0 Å². The predicted octanol–water partition coefficient (Wildman–Crippen LogP) is 3.10. The standard InChI is InChI=1S/C19H24N6.NO3/c1-18(2,3)12-7-8-20-14(9-12)15-10-13(19(4,5)6)11-16(21-15)17-22-24-25-23-17;2-1(3)4/h7-11H,1-6H3,(H,22,23,24,25);/q;-1/p+1. The molecule has 0 aliphatic rings. The summed E-state index contributed by atoms with van der Waals surface area (Å²) in [6.07, 6.45) is 1.97. The van der Waals surface area contributed by atoms with Crippen molar-refractivity contribution in [3.63, 3.8) is 0 Å². The number of H-pyrrole nitrogens is 2. The molecule has 10 nitrogen and oxygen atoms in total. The summed E-state index contributed by atoms with van der Waals surface area (Å²) in [4.78, 5) is 16.3. The molecular formula is C19H25N7O3. The molecule has 3 aromatic rings. The van der Waals surface area contributed by atoms with Crippen molar-refractivity contribution in [1.29, 1.82) is 0 Å². The summed E-state index contributed by atoms with van der Waals surface area (Å²) in [6.45, 7) is 13.2. The maximum Gasteiger partial charge on any atom is 0.229 e. The summed E-state index contributed by atoms with van der Waals surface area (Å²) < 4.78 is 0. The molecule has 0 aliphatic heterocycles. The van der Waals surface area contributed by atoms with Crippen molar-refractivity contribution in [2.75, 3.05) is 0 Å². The number of aromatic nitrogens is 6. The smallest absolute Gasteiger partial charge is 0.229 e. The predicted molar refractivity (Wildman–Crippen MR) is 107 cm³/mol. The largest absolute Gasteiger partial charge is 0.356 e. The summed E-state index contributed by atoms with van der Waals surface area (Å²) in [7, 11) is 0. The van der Waals surface area contributed by atoms with Gasteiger partial charge in [-0.1, -0.05) is 41.5 Å². The van der Waals surface area contributed by atoms with Gasteiger partial charge in [-0.25, -0.2) is 9.97 Å². The Hall–Kier alpha value is -3.43. The highest BCUT2D eigenvalue weighted by Crippen LogP contribution is 2.30. The van der Waals surface area contributed by atoms with Crippen LogP contribution in [0.1, 0.15) is 52.7 Å². The Morgan fingerprint density at radius 3 is 2.07 bits per heavy atom. The van der Waals surface area contributed by atoms with E-state index >= 15 is 0 Å². The normalized spacial score (nSPS) is 11.5. The highest BCUT2D eigenvalue weighted by molar-refractivity contribution is 5.61. The van der Waals surface area contributed by atoms with Crippen LogP contribution in [0.4, 0.5) is 0 Å². The zero-order valence-electron chi connectivity index (χ0n) is 17.3. The van der Waals surface area contributed by atoms with Gasteiger partial charge in [0.05, 0.1) is 5.09 Å². The molecule has 0 atom stereocenters. The molecule has 0 radical (unpaired) electrons. The van der Waals surface area contributed by atoms with Crippen molar-refractivity contribution in [2.24, 2.45) is 0 Å². The Morgan fingerprint density at radius 1 is 0.966 bits per heavy atom. The third kappa shape index (κ3) is 6.03. The zero-order valence-corrected chi connectivity index (χ0v) is 17.3. The van der Waals surface area contributed by atoms with E-state index in [1.807, 2.05) is 12.3 Å². The van der Waals surface area contributed by atoms with Gasteiger partial charge in [0, 0.05) is 12.1 Å². The third-order valence-corrected chi connectivity index (χ3v) is 4.21. The molecule has 0 bridgehead atoms. The van der Waals surface area contributed by atoms with Crippen molar-refractivity contribution in [3.05, 3.63) is 56.9 Å². The van der Waals surface area contributed by atoms with Crippen LogP contribution < -0.4 is 4.98 Å². The van der Waals surface area contributed by atoms with Crippen LogP contribution in [0.2, 0.25) is 0 Å². The average molecular weight is 399 g/mol. The van der Waals surface area contributed by atoms with Gasteiger partial charge in [0.1, 0.15) is 11.4 Å². The molecule has 154 valence electrons. The van der Waals surface area contributed by atoms with Crippen molar-refractivity contribution in [1.82, 2.24) is 25.6 Å². The molecule has 10 heteroatoms. The van der Waals surface area contributed by atoms with Crippen molar-refractivity contribution in [2.45, 2.75) is 52.4 Å². The summed E-state index contributed by atoms with van der Waals surface area (Å²) in [5.74, 6) is 0.499. The van der Waals surface area contributed by atoms with Crippen LogP contribution in [0.25, 0.3) is 22.9 Å². The number of aromatic amines is 2. The van der Waals surface area contributed by atoms with Gasteiger partial charge in [-0.2, -0.15) is 5.21 Å². The average Bonchev–Trinajstić information content (AvgIpc) is 3.14. The van der Waals surface area contributed by atoms with Gasteiger partial charge >= 0.3 is 0 Å². The monoisotopic (exact) mass is 399 g/mol. The number of hydrogen-bond donors (Lipinski definition) is 1. The molecule has 0 saturated carbocycles. The fourth-order valence-corrected chi connectivity index (χ4v) is 2.57. The second-order valence-electron chi connectivity index (χ2n) is 8.58. The van der Waals surface area contributed by atoms with Crippen LogP contribution in [0, 0.1) is 15.3 Å². The van der Waals surface area contributed by atoms with Crippen LogP contribution in [0.5, 0.6) is 0 Å². The molecule has 29 heavy (non-hydrogen) atoms. The lowest BCUT2D eigenvalue weighted by Gasteiger charge is -2.20. The van der Waals surface area contributed by atoms with E-state index in [2.05, 4.69) is 85.3 Å². The molecule has 3 aromatic heterocycles. The molecule has 3 heterocycles. The van der Waals surface area contributed by atoms with Crippen LogP contribution in [-0.2, 0) is 10.8 Å². The number of rotatable bonds is 2. The van der Waals surface area contributed by atoms with Gasteiger partial charge in [0.25, 0.3) is 0 Å². The third-order valence-electron chi connectivity index (χ3n) is 4.21. The highest BCUT2D eigenvalue weighted by Gasteiger charge is 2.22. The first-order valence-electron chi connectivity index (χ1n) is 8.98. The van der Waals surface area contributed by atoms with Gasteiger partial charge in [-0.15, -0.1) is 10.2 Å². The minimum atomic E-state index is -1.75. The molecule has 0 fully saturated rings. The first kappa shape index (κ1) is 21.9. The number of pyridine rings is 2. The summed E-state index contributed by atoms with van der Waals surface area (Å²) >= 11 is 0. The quantitative estimate of drug-likeness (QED) is 0.514. The molecule has 3 rings (SSSR count). The Bertz CT molecular complexity index is 970. The fraction of sp³-hybridized carbons (Fsp3) is 0.421. The maximum absolute atomic E-state index is 8.25. The highest BCUT2D eigenvalue weighted by atomic mass is 16.9. The minimum Gasteiger partial charge on any atom is -0.356 e. The summed E-state index contributed by atoms with van der Waals surface area (Å²) in [5, 5.41) is 29.1. The minimum absolute atomic E-state index is 0.0161. The van der Waals surface area contributed by atoms with Crippen molar-refractivity contribution in [3.8, 4) is 22.9 Å². The first-order valence-corrected chi connectivity index (χ1v) is 8.98. The Kier molecular flexibility index (Phi) is 6.25. The van der Waals surface area contributed by atoms with Crippen LogP contribution in [0.15, 0.2) is 30.5 Å². The molecule has 0 spiro atoms. The second-order valence-corrected chi connectivity index (χ2v) is 8.58. The van der Waals surface area contributed by atoms with Gasteiger partial charge in [-0.05, 0) is 39.3 Å². The number of nitrogens with one attached hydrogen (secondary N) is 2. The summed E-state index contributed by atoms with van der Waals surface area (Å²) in [6, 6.07) is 8.43. The Balaban J connectivity index is 0.000000687. The Labute approximate surface area is 168 Å². The van der Waals surface area contributed by atoms with E-state index in [-0.39, 0.29) is 10.8 Å². The van der Waals surface area contributed by atoms with Gasteiger partial charge in [0.15, 0.2) is 6.20 Å². The molecule has 0 unspecified atom stereocenters. The lowest BCUT2D eigenvalue weighted by atomic mass is 9.85. The first-order chi connectivity index (χ1) is 13.4. The number of hydrogen-bond acceptors (Lipinski definition) is 7. The van der Waals surface area contributed by atoms with E-state index in [1.165, 1.54) is 11.1 Å². The zero-order chi connectivity index (χ0) is 21.8. The van der Waals surface area contributed by atoms with Gasteiger partial charge in [-0.3, -0.25) is 0 Å². The maximum atomic E-state index is 8.25. The molecule has 0 saturated heterocycles. The van der Waals surface area contributed by atoms with E-state index in [0.717, 1.165) is 11.4 Å². The lowest BCUT2D eigenvalue weighted by molar-refractivity contribution is -0.402. The molecule has 0 amide bonds. The van der Waals surface area contributed by atoms with Crippen molar-refractivity contribution >= 4 is 0 Å². The summed E-state index contributed by atoms with van der Waals surface area (Å²) in [5.41, 5.74) is 5.05. The van der Waals surface area contributed by atoms with Crippen LogP contribution in [0.3, 0.4) is 0 Å². The van der Waals surface area contributed by atoms with E-state index in [4.69, 9.17) is 20.3 Å². The molecule has 0 aliphatic carbocycles. The molecule has 0 aromatic carbocycles. The second kappa shape index (κ2) is 8.29. The number of nitrogens with zero attached hydrogens (tertiary/aromatic N) is 5. The van der Waals surface area contributed by atoms with Gasteiger partial charge < -0.3 is 15.3 Å². The Morgan fingerprint density at radius 2 is 1.55 bits per heavy atom. The topological polar surface area (TPSA) is 148 Å². The lowest BCUT2D eigenvalue weighted by Crippen LogP contribution is -2.17. The van der Waals surface area contributed by atoms with Crippen LogP contribution in [-0.4, -0.2) is 30.7 Å². The van der Waals surface area contributed by atoms with E-state index in [9.17, 15) is 0 Å². The molecular weight excluding hydrogens is 374 g/mol. The number of tetrazole rings is 1. The van der Waals surface area contributed by atoms with E-state index in [0.29, 0.717) is 11.5 Å². The van der Waals surface area contributed by atoms with E-state index < -0.39 is 5.09 Å². The van der Waals surface area contributed by atoms with E-state index in [1.54, 1.807) is 0 Å². The van der Waals surface area contributed by atoms with Gasteiger partial charge in [0.2, 0.25) is 11.5 Å². The van der Waals surface area contributed by atoms with Crippen molar-refractivity contribution < 1.29 is 10.1 Å². The SMILES string of the molecule is CC(C)(C)c1cc(-c2nn[nH]n2)nc(-c2cc(C(C)(C)C)cc[nH+]2)c1.O=[N+]([O-])[O-]. The molecule has 2 N–H and O–H groups in total. The fourth-order valence-electron chi connectivity index (χ4n) is 2.57.